The van der Waals surface area contributed by atoms with Gasteiger partial charge in [-0.25, -0.2) is 4.39 Å². The number of ketones is 1. The Kier molecular flexibility index (Phi) is 2.61. The molecule has 0 unspecified atom stereocenters. The minimum Gasteiger partial charge on any atom is -0.279 e. The molecule has 0 fully saturated rings. The van der Waals surface area contributed by atoms with Crippen LogP contribution in [0, 0.1) is 18.2 Å². The van der Waals surface area contributed by atoms with E-state index in [2.05, 4.69) is 15.9 Å². The number of terminal acetylenes is 1. The third kappa shape index (κ3) is 1.93. The second kappa shape index (κ2) is 3.51. The molecule has 1 aromatic rings. The summed E-state index contributed by atoms with van der Waals surface area (Å²) in [6.07, 6.45) is 4.87. The van der Waals surface area contributed by atoms with Gasteiger partial charge in [0.25, 0.3) is 0 Å². The van der Waals surface area contributed by atoms with E-state index in [1.807, 2.05) is 5.92 Å². The van der Waals surface area contributed by atoms with Crippen LogP contribution in [0.4, 0.5) is 4.39 Å². The van der Waals surface area contributed by atoms with Gasteiger partial charge in [-0.1, -0.05) is 15.9 Å². The zero-order valence-electron chi connectivity index (χ0n) is 5.97. The Morgan fingerprint density at radius 1 is 1.50 bits per heavy atom. The predicted octanol–water partition coefficient (Wildman–Crippen LogP) is 2.40. The second-order valence-corrected chi connectivity index (χ2v) is 3.05. The van der Waals surface area contributed by atoms with Crippen molar-refractivity contribution in [2.45, 2.75) is 0 Å². The molecule has 0 aliphatic rings. The van der Waals surface area contributed by atoms with Crippen molar-refractivity contribution in [1.82, 2.24) is 0 Å². The molecule has 0 N–H and O–H groups in total. The predicted molar refractivity (Wildman–Crippen MR) is 47.3 cm³/mol. The summed E-state index contributed by atoms with van der Waals surface area (Å²) in [5, 5.41) is 0. The van der Waals surface area contributed by atoms with E-state index in [1.165, 1.54) is 12.1 Å². The van der Waals surface area contributed by atoms with E-state index in [0.29, 0.717) is 4.47 Å². The zero-order chi connectivity index (χ0) is 9.14. The number of Topliss-reactive ketones (excluding diaryl/α,β-unsaturated/α-hetero) is 1. The Morgan fingerprint density at radius 3 is 2.67 bits per heavy atom. The van der Waals surface area contributed by atoms with Crippen LogP contribution < -0.4 is 0 Å². The van der Waals surface area contributed by atoms with Crippen LogP contribution in [-0.2, 0) is 0 Å². The molecule has 0 aromatic heterocycles. The molecule has 3 heteroatoms. The number of hydrogen-bond acceptors (Lipinski definition) is 1. The van der Waals surface area contributed by atoms with Crippen LogP contribution in [0.5, 0.6) is 0 Å². The Labute approximate surface area is 77.7 Å². The highest BCUT2D eigenvalue weighted by atomic mass is 79.9. The van der Waals surface area contributed by atoms with Gasteiger partial charge in [0.05, 0.1) is 0 Å². The van der Waals surface area contributed by atoms with E-state index in [1.54, 1.807) is 0 Å². The van der Waals surface area contributed by atoms with Gasteiger partial charge in [-0.05, 0) is 24.1 Å². The third-order valence-electron chi connectivity index (χ3n) is 1.26. The molecular formula is C9H4BrFO. The Hall–Kier alpha value is -1.14. The molecule has 0 aliphatic heterocycles. The number of hydrogen-bond donors (Lipinski definition) is 0. The quantitative estimate of drug-likeness (QED) is 0.409. The highest BCUT2D eigenvalue weighted by Gasteiger charge is 2.04. The molecule has 12 heavy (non-hydrogen) atoms. The monoisotopic (exact) mass is 226 g/mol. The minimum atomic E-state index is -0.518. The number of carbonyl (C=O) groups is 1. The normalized spacial score (nSPS) is 9.08. The summed E-state index contributed by atoms with van der Waals surface area (Å²) in [5.41, 5.74) is 0.185. The topological polar surface area (TPSA) is 17.1 Å². The van der Waals surface area contributed by atoms with Crippen molar-refractivity contribution < 1.29 is 9.18 Å². The van der Waals surface area contributed by atoms with Crippen molar-refractivity contribution in [2.75, 3.05) is 0 Å². The van der Waals surface area contributed by atoms with Crippen LogP contribution in [0.2, 0.25) is 0 Å². The van der Waals surface area contributed by atoms with Gasteiger partial charge in [0, 0.05) is 10.0 Å². The largest absolute Gasteiger partial charge is 0.279 e. The minimum absolute atomic E-state index is 0.185. The Morgan fingerprint density at radius 2 is 2.17 bits per heavy atom. The lowest BCUT2D eigenvalue weighted by molar-refractivity contribution is 0.105. The fraction of sp³-hybridized carbons (Fsp3) is 0. The summed E-state index contributed by atoms with van der Waals surface area (Å²) < 4.78 is 13.2. The summed E-state index contributed by atoms with van der Waals surface area (Å²) in [4.78, 5) is 10.9. The van der Waals surface area contributed by atoms with E-state index in [9.17, 15) is 9.18 Å². The van der Waals surface area contributed by atoms with Gasteiger partial charge in [0.15, 0.2) is 0 Å². The number of benzene rings is 1. The van der Waals surface area contributed by atoms with Crippen LogP contribution in [0.15, 0.2) is 22.7 Å². The second-order valence-electron chi connectivity index (χ2n) is 2.13. The van der Waals surface area contributed by atoms with Crippen LogP contribution in [0.1, 0.15) is 10.4 Å². The molecule has 0 atom stereocenters. The lowest BCUT2D eigenvalue weighted by Crippen LogP contribution is -1.95. The summed E-state index contributed by atoms with van der Waals surface area (Å²) in [5.74, 6) is 0.908. The molecule has 0 aliphatic carbocycles. The Balaban J connectivity index is 3.19. The van der Waals surface area contributed by atoms with Crippen molar-refractivity contribution in [3.8, 4) is 12.3 Å². The highest BCUT2D eigenvalue weighted by Crippen LogP contribution is 2.14. The fourth-order valence-corrected chi connectivity index (χ4v) is 1.23. The first-order valence-corrected chi connectivity index (χ1v) is 3.90. The molecule has 60 valence electrons. The van der Waals surface area contributed by atoms with E-state index >= 15 is 0 Å². The van der Waals surface area contributed by atoms with Gasteiger partial charge in [0.1, 0.15) is 5.82 Å². The van der Waals surface area contributed by atoms with Crippen molar-refractivity contribution in [1.29, 1.82) is 0 Å². The van der Waals surface area contributed by atoms with Gasteiger partial charge < -0.3 is 0 Å². The van der Waals surface area contributed by atoms with Gasteiger partial charge in [-0.15, -0.1) is 6.42 Å². The molecule has 0 radical (unpaired) electrons. The van der Waals surface area contributed by atoms with Gasteiger partial charge >= 0.3 is 0 Å². The fourth-order valence-electron chi connectivity index (χ4n) is 0.768. The van der Waals surface area contributed by atoms with Crippen molar-refractivity contribution in [2.24, 2.45) is 0 Å². The summed E-state index contributed by atoms with van der Waals surface area (Å²) in [6.45, 7) is 0. The van der Waals surface area contributed by atoms with Gasteiger partial charge in [-0.2, -0.15) is 0 Å². The lowest BCUT2D eigenvalue weighted by atomic mass is 10.1. The molecule has 1 aromatic carbocycles. The van der Waals surface area contributed by atoms with E-state index < -0.39 is 11.6 Å². The highest BCUT2D eigenvalue weighted by molar-refractivity contribution is 9.10. The summed E-state index contributed by atoms with van der Waals surface area (Å²) in [7, 11) is 0. The SMILES string of the molecule is C#CC(=O)c1cc(F)cc(Br)c1. The molecule has 0 amide bonds. The van der Waals surface area contributed by atoms with Crippen LogP contribution in [0.25, 0.3) is 0 Å². The average Bonchev–Trinajstić information content (AvgIpc) is 2.01. The zero-order valence-corrected chi connectivity index (χ0v) is 7.56. The van der Waals surface area contributed by atoms with Crippen LogP contribution >= 0.6 is 15.9 Å². The van der Waals surface area contributed by atoms with E-state index in [4.69, 9.17) is 6.42 Å². The van der Waals surface area contributed by atoms with Crippen LogP contribution in [-0.4, -0.2) is 5.78 Å². The lowest BCUT2D eigenvalue weighted by Gasteiger charge is -1.95. The van der Waals surface area contributed by atoms with Crippen molar-refractivity contribution >= 4 is 21.7 Å². The molecule has 0 heterocycles. The van der Waals surface area contributed by atoms with Crippen LogP contribution in [0.3, 0.4) is 0 Å². The Bertz CT molecular complexity index is 345. The summed E-state index contributed by atoms with van der Waals surface area (Å²) in [6, 6.07) is 3.84. The maximum Gasteiger partial charge on any atom is 0.235 e. The first kappa shape index (κ1) is 8.95. The molecule has 1 rings (SSSR count). The molecule has 0 saturated heterocycles. The van der Waals surface area contributed by atoms with Gasteiger partial charge in [0.2, 0.25) is 5.78 Å². The van der Waals surface area contributed by atoms with E-state index in [-0.39, 0.29) is 5.56 Å². The molecule has 1 nitrogen and oxygen atoms in total. The van der Waals surface area contributed by atoms with E-state index in [0.717, 1.165) is 6.07 Å². The number of carbonyl (C=O) groups excluding carboxylic acids is 1. The van der Waals surface area contributed by atoms with Gasteiger partial charge in [-0.3, -0.25) is 4.79 Å². The first-order chi connectivity index (χ1) is 5.63. The molecule has 0 spiro atoms. The standard InChI is InChI=1S/C9H4BrFO/c1-2-9(12)6-3-7(10)5-8(11)4-6/h1,3-5H. The molecular weight excluding hydrogens is 223 g/mol. The number of halogens is 2. The van der Waals surface area contributed by atoms with Crippen molar-refractivity contribution in [3.05, 3.63) is 34.1 Å². The maximum absolute atomic E-state index is 12.7. The first-order valence-electron chi connectivity index (χ1n) is 3.10. The van der Waals surface area contributed by atoms with Crippen molar-refractivity contribution in [3.63, 3.8) is 0 Å². The average molecular weight is 227 g/mol. The smallest absolute Gasteiger partial charge is 0.235 e. The maximum atomic E-state index is 12.7. The molecule has 0 bridgehead atoms. The molecule has 0 saturated carbocycles. The number of rotatable bonds is 1. The third-order valence-corrected chi connectivity index (χ3v) is 1.71. The summed E-state index contributed by atoms with van der Waals surface area (Å²) >= 11 is 3.05.